The lowest BCUT2D eigenvalue weighted by Gasteiger charge is -2.40. The third-order valence-corrected chi connectivity index (χ3v) is 5.88. The molecule has 140 valence electrons. The largest absolute Gasteiger partial charge is 0.487 e. The standard InChI is InChI=1S/C21H34N2O2/c1-15(2)23-13-11-17(12-14-23)22-18-8-6-10-20(21(18)24)25-19-9-5-4-7-16(19)3/h4-5,7,9,15,17-18,20-22,24H,6,8,10-14H2,1-3H3/t18-,20+,21+/m0/s1. The molecule has 25 heavy (non-hydrogen) atoms. The topological polar surface area (TPSA) is 44.7 Å². The zero-order valence-corrected chi connectivity index (χ0v) is 15.9. The highest BCUT2D eigenvalue weighted by molar-refractivity contribution is 5.32. The van der Waals surface area contributed by atoms with Crippen LogP contribution in [0.4, 0.5) is 0 Å². The first kappa shape index (κ1) is 18.7. The molecule has 1 aliphatic carbocycles. The van der Waals surface area contributed by atoms with E-state index in [9.17, 15) is 5.11 Å². The summed E-state index contributed by atoms with van der Waals surface area (Å²) < 4.78 is 6.17. The van der Waals surface area contributed by atoms with Gasteiger partial charge in [0.2, 0.25) is 0 Å². The van der Waals surface area contributed by atoms with Crippen LogP contribution in [0.5, 0.6) is 5.75 Å². The molecule has 0 aromatic heterocycles. The fourth-order valence-corrected chi connectivity index (χ4v) is 4.19. The molecule has 1 aromatic carbocycles. The maximum absolute atomic E-state index is 10.9. The number of benzene rings is 1. The number of aliphatic hydroxyl groups excluding tert-OH is 1. The zero-order chi connectivity index (χ0) is 17.8. The van der Waals surface area contributed by atoms with Crippen LogP contribution in [0.1, 0.15) is 51.5 Å². The van der Waals surface area contributed by atoms with Crippen molar-refractivity contribution in [1.29, 1.82) is 0 Å². The van der Waals surface area contributed by atoms with E-state index in [-0.39, 0.29) is 12.1 Å². The lowest BCUT2D eigenvalue weighted by molar-refractivity contribution is -0.0206. The lowest BCUT2D eigenvalue weighted by atomic mass is 9.88. The molecule has 0 radical (unpaired) electrons. The van der Waals surface area contributed by atoms with Gasteiger partial charge >= 0.3 is 0 Å². The Labute approximate surface area is 152 Å². The van der Waals surface area contributed by atoms with Gasteiger partial charge in [-0.3, -0.25) is 0 Å². The minimum atomic E-state index is -0.434. The summed E-state index contributed by atoms with van der Waals surface area (Å²) in [6, 6.07) is 9.38. The fraction of sp³-hybridized carbons (Fsp3) is 0.714. The van der Waals surface area contributed by atoms with Gasteiger partial charge in [0.15, 0.2) is 0 Å². The van der Waals surface area contributed by atoms with Gasteiger partial charge in [0, 0.05) is 18.1 Å². The predicted molar refractivity (Wildman–Crippen MR) is 102 cm³/mol. The third kappa shape index (κ3) is 4.75. The molecule has 1 heterocycles. The van der Waals surface area contributed by atoms with Crippen molar-refractivity contribution in [2.24, 2.45) is 0 Å². The van der Waals surface area contributed by atoms with Crippen molar-refractivity contribution in [2.45, 2.75) is 83.2 Å². The van der Waals surface area contributed by atoms with E-state index in [0.717, 1.165) is 43.7 Å². The number of nitrogens with one attached hydrogen (secondary N) is 1. The molecule has 1 aliphatic heterocycles. The van der Waals surface area contributed by atoms with Gasteiger partial charge in [0.1, 0.15) is 18.0 Å². The van der Waals surface area contributed by atoms with E-state index in [2.05, 4.69) is 37.1 Å². The average molecular weight is 347 g/mol. The summed E-state index contributed by atoms with van der Waals surface area (Å²) in [4.78, 5) is 2.54. The molecule has 1 saturated heterocycles. The average Bonchev–Trinajstić information content (AvgIpc) is 2.61. The summed E-state index contributed by atoms with van der Waals surface area (Å²) in [7, 11) is 0. The molecule has 1 aromatic rings. The normalized spacial score (nSPS) is 29.1. The molecule has 1 saturated carbocycles. The molecule has 2 aliphatic rings. The van der Waals surface area contributed by atoms with Crippen LogP contribution in [-0.4, -0.2) is 53.4 Å². The van der Waals surface area contributed by atoms with Gasteiger partial charge in [-0.05, 0) is 77.6 Å². The molecular formula is C21H34N2O2. The van der Waals surface area contributed by atoms with E-state index in [4.69, 9.17) is 4.74 Å². The van der Waals surface area contributed by atoms with E-state index in [1.807, 2.05) is 18.2 Å². The number of hydrogen-bond acceptors (Lipinski definition) is 4. The van der Waals surface area contributed by atoms with E-state index >= 15 is 0 Å². The molecule has 0 bridgehead atoms. The smallest absolute Gasteiger partial charge is 0.126 e. The minimum Gasteiger partial charge on any atom is -0.487 e. The second-order valence-corrected chi connectivity index (χ2v) is 8.02. The van der Waals surface area contributed by atoms with Crippen LogP contribution in [0.2, 0.25) is 0 Å². The first-order valence-electron chi connectivity index (χ1n) is 9.95. The maximum Gasteiger partial charge on any atom is 0.126 e. The molecule has 2 N–H and O–H groups in total. The SMILES string of the molecule is Cc1ccccc1O[C@@H]1CCC[C@H](NC2CCN(C(C)C)CC2)[C@H]1O. The zero-order valence-electron chi connectivity index (χ0n) is 15.9. The summed E-state index contributed by atoms with van der Waals surface area (Å²) in [5.41, 5.74) is 1.13. The van der Waals surface area contributed by atoms with E-state index in [1.54, 1.807) is 0 Å². The van der Waals surface area contributed by atoms with Crippen LogP contribution in [0.15, 0.2) is 24.3 Å². The highest BCUT2D eigenvalue weighted by Crippen LogP contribution is 2.27. The van der Waals surface area contributed by atoms with Crippen LogP contribution >= 0.6 is 0 Å². The number of para-hydroxylation sites is 1. The Kier molecular flexibility index (Phi) is 6.37. The van der Waals surface area contributed by atoms with Crippen LogP contribution in [0.3, 0.4) is 0 Å². The van der Waals surface area contributed by atoms with Crippen molar-refractivity contribution in [2.75, 3.05) is 13.1 Å². The number of aryl methyl sites for hydroxylation is 1. The molecule has 3 atom stereocenters. The van der Waals surface area contributed by atoms with Crippen molar-refractivity contribution in [3.8, 4) is 5.75 Å². The molecule has 4 nitrogen and oxygen atoms in total. The number of rotatable bonds is 5. The molecular weight excluding hydrogens is 312 g/mol. The predicted octanol–water partition coefficient (Wildman–Crippen LogP) is 3.12. The summed E-state index contributed by atoms with van der Waals surface area (Å²) in [5.74, 6) is 0.900. The highest BCUT2D eigenvalue weighted by atomic mass is 16.5. The Morgan fingerprint density at radius 1 is 1.12 bits per heavy atom. The molecule has 0 spiro atoms. The van der Waals surface area contributed by atoms with Crippen LogP contribution < -0.4 is 10.1 Å². The maximum atomic E-state index is 10.9. The first-order chi connectivity index (χ1) is 12.0. The lowest BCUT2D eigenvalue weighted by Crippen LogP contribution is -2.56. The molecule has 0 unspecified atom stereocenters. The summed E-state index contributed by atoms with van der Waals surface area (Å²) in [6.45, 7) is 8.91. The molecule has 4 heteroatoms. The summed E-state index contributed by atoms with van der Waals surface area (Å²) >= 11 is 0. The number of nitrogens with zero attached hydrogens (tertiary/aromatic N) is 1. The Morgan fingerprint density at radius 2 is 1.84 bits per heavy atom. The van der Waals surface area contributed by atoms with Gasteiger partial charge in [0.05, 0.1) is 0 Å². The van der Waals surface area contributed by atoms with Gasteiger partial charge in [-0.25, -0.2) is 0 Å². The fourth-order valence-electron chi connectivity index (χ4n) is 4.19. The van der Waals surface area contributed by atoms with Crippen LogP contribution in [-0.2, 0) is 0 Å². The Balaban J connectivity index is 1.54. The van der Waals surface area contributed by atoms with Gasteiger partial charge in [-0.2, -0.15) is 0 Å². The van der Waals surface area contributed by atoms with Crippen molar-refractivity contribution >= 4 is 0 Å². The van der Waals surface area contributed by atoms with Crippen LogP contribution in [0, 0.1) is 6.92 Å². The van der Waals surface area contributed by atoms with Gasteiger partial charge in [-0.1, -0.05) is 18.2 Å². The quantitative estimate of drug-likeness (QED) is 0.860. The summed E-state index contributed by atoms with van der Waals surface area (Å²) in [5, 5.41) is 14.6. The van der Waals surface area contributed by atoms with E-state index in [1.165, 1.54) is 12.8 Å². The van der Waals surface area contributed by atoms with Crippen molar-refractivity contribution in [3.05, 3.63) is 29.8 Å². The number of hydrogen-bond donors (Lipinski definition) is 2. The highest BCUT2D eigenvalue weighted by Gasteiger charge is 2.35. The Hall–Kier alpha value is -1.10. The van der Waals surface area contributed by atoms with Gasteiger partial charge in [0.25, 0.3) is 0 Å². The molecule has 0 amide bonds. The second-order valence-electron chi connectivity index (χ2n) is 8.02. The second kappa shape index (κ2) is 8.52. The molecule has 3 rings (SSSR count). The third-order valence-electron chi connectivity index (χ3n) is 5.88. The van der Waals surface area contributed by atoms with Crippen molar-refractivity contribution in [1.82, 2.24) is 10.2 Å². The summed E-state index contributed by atoms with van der Waals surface area (Å²) in [6.07, 6.45) is 4.88. The Bertz CT molecular complexity index is 540. The Morgan fingerprint density at radius 3 is 2.52 bits per heavy atom. The van der Waals surface area contributed by atoms with Gasteiger partial charge < -0.3 is 20.1 Å². The van der Waals surface area contributed by atoms with Crippen LogP contribution in [0.25, 0.3) is 0 Å². The van der Waals surface area contributed by atoms with E-state index in [0.29, 0.717) is 12.1 Å². The number of likely N-dealkylation sites (tertiary alicyclic amines) is 1. The minimum absolute atomic E-state index is 0.108. The monoisotopic (exact) mass is 346 g/mol. The number of piperidine rings is 1. The van der Waals surface area contributed by atoms with E-state index < -0.39 is 6.10 Å². The first-order valence-corrected chi connectivity index (χ1v) is 9.95. The molecule has 2 fully saturated rings. The van der Waals surface area contributed by atoms with Gasteiger partial charge in [-0.15, -0.1) is 0 Å². The van der Waals surface area contributed by atoms with Crippen molar-refractivity contribution < 1.29 is 9.84 Å². The van der Waals surface area contributed by atoms with Crippen molar-refractivity contribution in [3.63, 3.8) is 0 Å². The number of aliphatic hydroxyl groups is 1. The number of ether oxygens (including phenoxy) is 1.